The molecule has 0 atom stereocenters. The molecule has 0 amide bonds. The predicted molar refractivity (Wildman–Crippen MR) is 74.8 cm³/mol. The first-order valence-corrected chi connectivity index (χ1v) is 6.33. The van der Waals surface area contributed by atoms with Gasteiger partial charge in [0.15, 0.2) is 0 Å². The monoisotopic (exact) mass is 296 g/mol. The second kappa shape index (κ2) is 6.49. The van der Waals surface area contributed by atoms with Gasteiger partial charge in [-0.05, 0) is 42.3 Å². The summed E-state index contributed by atoms with van der Waals surface area (Å²) in [6.07, 6.45) is -4.67. The normalized spacial score (nSPS) is 11.2. The number of alkyl halides is 3. The molecule has 2 aromatic rings. The lowest BCUT2D eigenvalue weighted by Gasteiger charge is -2.13. The molecule has 0 aliphatic heterocycles. The van der Waals surface area contributed by atoms with Crippen LogP contribution in [0.4, 0.5) is 18.9 Å². The van der Waals surface area contributed by atoms with Gasteiger partial charge in [0.2, 0.25) is 0 Å². The molecule has 2 N–H and O–H groups in total. The van der Waals surface area contributed by atoms with E-state index in [4.69, 9.17) is 0 Å². The van der Waals surface area contributed by atoms with E-state index in [1.165, 1.54) is 12.1 Å². The average molecular weight is 296 g/mol. The molecule has 21 heavy (non-hydrogen) atoms. The summed E-state index contributed by atoms with van der Waals surface area (Å²) in [4.78, 5) is 0. The zero-order chi connectivity index (χ0) is 15.3. The number of ether oxygens (including phenoxy) is 1. The molecule has 0 saturated heterocycles. The van der Waals surface area contributed by atoms with Crippen LogP contribution in [0.15, 0.2) is 48.5 Å². The van der Waals surface area contributed by atoms with Crippen molar-refractivity contribution in [1.82, 2.24) is 5.43 Å². The van der Waals surface area contributed by atoms with Crippen LogP contribution in [0.25, 0.3) is 0 Å². The van der Waals surface area contributed by atoms with Crippen LogP contribution in [0.3, 0.4) is 0 Å². The van der Waals surface area contributed by atoms with Crippen molar-refractivity contribution in [3.8, 4) is 5.75 Å². The molecule has 0 radical (unpaired) electrons. The molecular weight excluding hydrogens is 281 g/mol. The minimum atomic E-state index is -4.67. The van der Waals surface area contributed by atoms with Crippen LogP contribution in [0.2, 0.25) is 0 Å². The summed E-state index contributed by atoms with van der Waals surface area (Å²) in [6, 6.07) is 13.8. The van der Waals surface area contributed by atoms with Crippen molar-refractivity contribution in [1.29, 1.82) is 0 Å². The van der Waals surface area contributed by atoms with Gasteiger partial charge in [-0.2, -0.15) is 0 Å². The van der Waals surface area contributed by atoms with Gasteiger partial charge in [-0.3, -0.25) is 0 Å². The van der Waals surface area contributed by atoms with Crippen LogP contribution in [-0.4, -0.2) is 6.36 Å². The number of hydrogen-bond donors (Lipinski definition) is 2. The number of hydrogen-bond acceptors (Lipinski definition) is 3. The number of benzene rings is 2. The van der Waals surface area contributed by atoms with Crippen molar-refractivity contribution in [3.05, 3.63) is 59.7 Å². The number of aryl methyl sites for hydroxylation is 1. The molecule has 0 aliphatic rings. The zero-order valence-electron chi connectivity index (χ0n) is 11.4. The minimum absolute atomic E-state index is 0.209. The Labute approximate surface area is 120 Å². The van der Waals surface area contributed by atoms with Crippen LogP contribution >= 0.6 is 0 Å². The number of nitrogens with one attached hydrogen (secondary N) is 2. The third-order valence-electron chi connectivity index (χ3n) is 2.83. The van der Waals surface area contributed by atoms with E-state index in [9.17, 15) is 13.2 Å². The molecule has 0 heterocycles. The van der Waals surface area contributed by atoms with Crippen LogP contribution in [0, 0.1) is 6.92 Å². The van der Waals surface area contributed by atoms with Crippen molar-refractivity contribution in [2.45, 2.75) is 19.8 Å². The summed E-state index contributed by atoms with van der Waals surface area (Å²) in [7, 11) is 0. The third kappa shape index (κ3) is 5.00. The SMILES string of the molecule is Cc1cc(OC(F)(F)F)ccc1CNNc1ccccc1. The molecule has 0 aromatic heterocycles. The standard InChI is InChI=1S/C15H15F3N2O/c1-11-9-14(21-15(16,17)18)8-7-12(11)10-19-20-13-5-3-2-4-6-13/h2-9,19-20H,10H2,1H3. The Hall–Kier alpha value is -2.21. The summed E-state index contributed by atoms with van der Waals surface area (Å²) in [5.41, 5.74) is 8.54. The van der Waals surface area contributed by atoms with E-state index in [0.29, 0.717) is 6.54 Å². The molecule has 2 aromatic carbocycles. The van der Waals surface area contributed by atoms with Gasteiger partial charge in [0.1, 0.15) is 5.75 Å². The van der Waals surface area contributed by atoms with E-state index in [2.05, 4.69) is 15.6 Å². The van der Waals surface area contributed by atoms with Crippen LogP contribution in [0.1, 0.15) is 11.1 Å². The molecule has 0 fully saturated rings. The van der Waals surface area contributed by atoms with Crippen molar-refractivity contribution >= 4 is 5.69 Å². The molecule has 6 heteroatoms. The first-order valence-electron chi connectivity index (χ1n) is 6.33. The van der Waals surface area contributed by atoms with Crippen LogP contribution in [0.5, 0.6) is 5.75 Å². The highest BCUT2D eigenvalue weighted by atomic mass is 19.4. The van der Waals surface area contributed by atoms with E-state index < -0.39 is 6.36 Å². The molecule has 0 bridgehead atoms. The largest absolute Gasteiger partial charge is 0.573 e. The Bertz CT molecular complexity index is 585. The lowest BCUT2D eigenvalue weighted by molar-refractivity contribution is -0.274. The highest BCUT2D eigenvalue weighted by Gasteiger charge is 2.31. The van der Waals surface area contributed by atoms with Gasteiger partial charge in [0, 0.05) is 12.2 Å². The predicted octanol–water partition coefficient (Wildman–Crippen LogP) is 4.01. The fourth-order valence-corrected chi connectivity index (χ4v) is 1.83. The number of halogens is 3. The van der Waals surface area contributed by atoms with Gasteiger partial charge in [-0.1, -0.05) is 24.3 Å². The van der Waals surface area contributed by atoms with Crippen molar-refractivity contribution in [3.63, 3.8) is 0 Å². The highest BCUT2D eigenvalue weighted by Crippen LogP contribution is 2.24. The molecule has 0 aliphatic carbocycles. The van der Waals surface area contributed by atoms with E-state index in [1.54, 1.807) is 13.0 Å². The zero-order valence-corrected chi connectivity index (χ0v) is 11.4. The fourth-order valence-electron chi connectivity index (χ4n) is 1.83. The molecular formula is C15H15F3N2O. The van der Waals surface area contributed by atoms with Gasteiger partial charge in [-0.25, -0.2) is 5.43 Å². The van der Waals surface area contributed by atoms with E-state index in [1.807, 2.05) is 30.3 Å². The minimum Gasteiger partial charge on any atom is -0.406 e. The molecule has 3 nitrogen and oxygen atoms in total. The maximum absolute atomic E-state index is 12.1. The van der Waals surface area contributed by atoms with E-state index in [-0.39, 0.29) is 5.75 Å². The van der Waals surface area contributed by atoms with Gasteiger partial charge in [0.25, 0.3) is 0 Å². The van der Waals surface area contributed by atoms with E-state index in [0.717, 1.165) is 16.8 Å². The number of anilines is 1. The van der Waals surface area contributed by atoms with Crippen molar-refractivity contribution in [2.24, 2.45) is 0 Å². The summed E-state index contributed by atoms with van der Waals surface area (Å²) in [5.74, 6) is -0.209. The topological polar surface area (TPSA) is 33.3 Å². The maximum atomic E-state index is 12.1. The summed E-state index contributed by atoms with van der Waals surface area (Å²) < 4.78 is 40.2. The van der Waals surface area contributed by atoms with Crippen LogP contribution < -0.4 is 15.6 Å². The van der Waals surface area contributed by atoms with Gasteiger partial charge >= 0.3 is 6.36 Å². The smallest absolute Gasteiger partial charge is 0.406 e. The van der Waals surface area contributed by atoms with Gasteiger partial charge < -0.3 is 10.2 Å². The average Bonchev–Trinajstić information content (AvgIpc) is 2.41. The quantitative estimate of drug-likeness (QED) is 0.818. The van der Waals surface area contributed by atoms with Crippen molar-refractivity contribution in [2.75, 3.05) is 5.43 Å². The van der Waals surface area contributed by atoms with E-state index >= 15 is 0 Å². The maximum Gasteiger partial charge on any atom is 0.573 e. The second-order valence-electron chi connectivity index (χ2n) is 4.48. The Kier molecular flexibility index (Phi) is 4.70. The second-order valence-corrected chi connectivity index (χ2v) is 4.48. The van der Waals surface area contributed by atoms with Gasteiger partial charge in [-0.15, -0.1) is 13.2 Å². The number of rotatable bonds is 5. The fraction of sp³-hybridized carbons (Fsp3) is 0.200. The van der Waals surface area contributed by atoms with Crippen molar-refractivity contribution < 1.29 is 17.9 Å². The Morgan fingerprint density at radius 1 is 1.05 bits per heavy atom. The lowest BCUT2D eigenvalue weighted by Crippen LogP contribution is -2.21. The Balaban J connectivity index is 1.92. The first-order chi connectivity index (χ1) is 9.94. The molecule has 112 valence electrons. The van der Waals surface area contributed by atoms with Gasteiger partial charge in [0.05, 0.1) is 0 Å². The Morgan fingerprint density at radius 2 is 1.76 bits per heavy atom. The highest BCUT2D eigenvalue weighted by molar-refractivity contribution is 5.41. The first kappa shape index (κ1) is 15.2. The number of para-hydroxylation sites is 1. The molecule has 0 spiro atoms. The summed E-state index contributed by atoms with van der Waals surface area (Å²) in [5, 5.41) is 0. The lowest BCUT2D eigenvalue weighted by atomic mass is 10.1. The molecule has 2 rings (SSSR count). The third-order valence-corrected chi connectivity index (χ3v) is 2.83. The molecule has 0 unspecified atom stereocenters. The summed E-state index contributed by atoms with van der Waals surface area (Å²) in [6.45, 7) is 2.22. The summed E-state index contributed by atoms with van der Waals surface area (Å²) >= 11 is 0. The molecule has 0 saturated carbocycles. The van der Waals surface area contributed by atoms with Crippen LogP contribution in [-0.2, 0) is 6.54 Å². The Morgan fingerprint density at radius 3 is 2.38 bits per heavy atom. The number of hydrazine groups is 1.